The van der Waals surface area contributed by atoms with E-state index in [1.54, 1.807) is 18.2 Å². The van der Waals surface area contributed by atoms with Gasteiger partial charge in [-0.3, -0.25) is 4.79 Å². The molecule has 0 fully saturated rings. The molecule has 1 aliphatic heterocycles. The molecule has 1 heterocycles. The van der Waals surface area contributed by atoms with E-state index in [4.69, 9.17) is 20.9 Å². The summed E-state index contributed by atoms with van der Waals surface area (Å²) in [6.45, 7) is 9.35. The highest BCUT2D eigenvalue weighted by Gasteiger charge is 2.34. The Balaban J connectivity index is 0.00000456. The highest BCUT2D eigenvalue weighted by atomic mass is 35.5. The van der Waals surface area contributed by atoms with Gasteiger partial charge in [-0.2, -0.15) is 0 Å². The van der Waals surface area contributed by atoms with Gasteiger partial charge in [-0.15, -0.1) is 12.4 Å². The molecule has 2 aromatic rings. The topological polar surface area (TPSA) is 132 Å². The van der Waals surface area contributed by atoms with Gasteiger partial charge in [0.25, 0.3) is 0 Å². The Kier molecular flexibility index (Phi) is 10.2. The van der Waals surface area contributed by atoms with E-state index in [9.17, 15) is 9.90 Å². The molecule has 0 aliphatic carbocycles. The molecule has 9 heteroatoms. The molecule has 1 amide bonds. The normalized spacial score (nSPS) is 16.6. The first kappa shape index (κ1) is 29.0. The summed E-state index contributed by atoms with van der Waals surface area (Å²) in [6.07, 6.45) is 5.68. The lowest BCUT2D eigenvalue weighted by molar-refractivity contribution is -0.116. The maximum Gasteiger partial charge on any atom is 0.244 e. The minimum Gasteiger partial charge on any atom is -0.507 e. The van der Waals surface area contributed by atoms with Crippen molar-refractivity contribution in [2.45, 2.75) is 52.6 Å². The molecule has 36 heavy (non-hydrogen) atoms. The number of phenols is 1. The average molecular weight is 517 g/mol. The summed E-state index contributed by atoms with van der Waals surface area (Å²) in [5.74, 6) is 1.08. The summed E-state index contributed by atoms with van der Waals surface area (Å²) in [5, 5.41) is 13.2. The van der Waals surface area contributed by atoms with Crippen molar-refractivity contribution in [3.8, 4) is 11.5 Å². The Morgan fingerprint density at radius 2 is 1.86 bits per heavy atom. The Morgan fingerprint density at radius 1 is 1.17 bits per heavy atom. The highest BCUT2D eigenvalue weighted by molar-refractivity contribution is 5.91. The first-order valence-electron chi connectivity index (χ1n) is 11.8. The molecule has 0 bridgehead atoms. The van der Waals surface area contributed by atoms with Crippen LogP contribution in [0.4, 0.5) is 5.69 Å². The van der Waals surface area contributed by atoms with Crippen molar-refractivity contribution in [1.29, 1.82) is 0 Å². The number of halogens is 1. The van der Waals surface area contributed by atoms with Crippen molar-refractivity contribution in [3.05, 3.63) is 58.2 Å². The summed E-state index contributed by atoms with van der Waals surface area (Å²) in [7, 11) is 0. The second kappa shape index (κ2) is 12.6. The first-order valence-corrected chi connectivity index (χ1v) is 11.8. The lowest BCUT2D eigenvalue weighted by Gasteiger charge is -2.38. The molecule has 0 radical (unpaired) electrons. The first-order chi connectivity index (χ1) is 16.6. The van der Waals surface area contributed by atoms with Crippen LogP contribution in [-0.2, 0) is 16.0 Å². The van der Waals surface area contributed by atoms with Gasteiger partial charge in [0.1, 0.15) is 17.1 Å². The quantitative estimate of drug-likeness (QED) is 0.172. The van der Waals surface area contributed by atoms with Crippen molar-refractivity contribution >= 4 is 36.0 Å². The van der Waals surface area contributed by atoms with Gasteiger partial charge >= 0.3 is 0 Å². The van der Waals surface area contributed by atoms with Crippen LogP contribution < -0.4 is 21.5 Å². The van der Waals surface area contributed by atoms with Gasteiger partial charge in [0.2, 0.25) is 5.91 Å². The fourth-order valence-corrected chi connectivity index (χ4v) is 4.15. The van der Waals surface area contributed by atoms with Crippen LogP contribution in [0.3, 0.4) is 0 Å². The van der Waals surface area contributed by atoms with Crippen LogP contribution in [0.5, 0.6) is 11.5 Å². The minimum absolute atomic E-state index is 0. The lowest BCUT2D eigenvalue weighted by Crippen LogP contribution is -2.38. The SMILES string of the molecule is Cc1c(C)c2c(c(C)c1O)CCC(C)(CCOCCNC(=O)C=Cc1ccc(N=C(N)N)cc1)O2.Cl. The maximum atomic E-state index is 12.0. The molecule has 6 N–H and O–H groups in total. The fraction of sp³-hybridized carbons (Fsp3) is 0.407. The van der Waals surface area contributed by atoms with E-state index >= 15 is 0 Å². The number of aliphatic imine (C=N–C) groups is 1. The molecule has 1 aliphatic rings. The number of hydrogen-bond acceptors (Lipinski definition) is 5. The molecular formula is C27H37ClN4O4. The number of phenolic OH excluding ortho intramolecular Hbond substituents is 1. The second-order valence-corrected chi connectivity index (χ2v) is 9.20. The average Bonchev–Trinajstić information content (AvgIpc) is 2.82. The van der Waals surface area contributed by atoms with Crippen LogP contribution in [0, 0.1) is 20.8 Å². The van der Waals surface area contributed by atoms with Crippen LogP contribution in [0.15, 0.2) is 35.3 Å². The molecule has 3 rings (SSSR count). The number of aromatic hydroxyl groups is 1. The monoisotopic (exact) mass is 516 g/mol. The maximum absolute atomic E-state index is 12.0. The minimum atomic E-state index is -0.323. The van der Waals surface area contributed by atoms with Crippen molar-refractivity contribution in [3.63, 3.8) is 0 Å². The zero-order chi connectivity index (χ0) is 25.6. The molecule has 0 spiro atoms. The van der Waals surface area contributed by atoms with E-state index in [1.807, 2.05) is 32.9 Å². The number of ether oxygens (including phenoxy) is 2. The number of guanidine groups is 1. The smallest absolute Gasteiger partial charge is 0.244 e. The summed E-state index contributed by atoms with van der Waals surface area (Å²) >= 11 is 0. The van der Waals surface area contributed by atoms with Gasteiger partial charge < -0.3 is 31.4 Å². The Hall–Kier alpha value is -3.23. The molecule has 8 nitrogen and oxygen atoms in total. The number of nitrogens with two attached hydrogens (primary N) is 2. The third-order valence-electron chi connectivity index (χ3n) is 6.49. The van der Waals surface area contributed by atoms with Crippen molar-refractivity contribution in [2.24, 2.45) is 16.5 Å². The van der Waals surface area contributed by atoms with Gasteiger partial charge in [-0.1, -0.05) is 12.1 Å². The van der Waals surface area contributed by atoms with E-state index in [1.165, 1.54) is 6.08 Å². The Morgan fingerprint density at radius 3 is 2.53 bits per heavy atom. The number of carbonyl (C=O) groups is 1. The van der Waals surface area contributed by atoms with Crippen molar-refractivity contribution in [1.82, 2.24) is 5.32 Å². The van der Waals surface area contributed by atoms with Crippen LogP contribution in [-0.4, -0.2) is 42.3 Å². The lowest BCUT2D eigenvalue weighted by atomic mass is 9.86. The Labute approximate surface area is 219 Å². The van der Waals surface area contributed by atoms with Gasteiger partial charge in [0.05, 0.1) is 18.9 Å². The predicted octanol–water partition coefficient (Wildman–Crippen LogP) is 3.96. The fourth-order valence-electron chi connectivity index (χ4n) is 4.15. The van der Waals surface area contributed by atoms with Gasteiger partial charge in [-0.25, -0.2) is 4.99 Å². The number of nitrogens with zero attached hydrogens (tertiary/aromatic N) is 1. The number of fused-ring (bicyclic) bond motifs is 1. The molecular weight excluding hydrogens is 480 g/mol. The van der Waals surface area contributed by atoms with E-state index in [0.717, 1.165) is 52.8 Å². The highest BCUT2D eigenvalue weighted by Crippen LogP contribution is 2.44. The third-order valence-corrected chi connectivity index (χ3v) is 6.49. The van der Waals surface area contributed by atoms with E-state index < -0.39 is 0 Å². The molecule has 0 aromatic heterocycles. The number of amides is 1. The second-order valence-electron chi connectivity index (χ2n) is 9.20. The Bertz CT molecular complexity index is 1130. The number of carbonyl (C=O) groups excluding carboxylic acids is 1. The number of rotatable bonds is 9. The zero-order valence-electron chi connectivity index (χ0n) is 21.4. The summed E-state index contributed by atoms with van der Waals surface area (Å²) in [5.41, 5.74) is 15.8. The third kappa shape index (κ3) is 7.38. The van der Waals surface area contributed by atoms with Crippen molar-refractivity contribution < 1.29 is 19.4 Å². The van der Waals surface area contributed by atoms with Gasteiger partial charge in [0.15, 0.2) is 5.96 Å². The van der Waals surface area contributed by atoms with E-state index in [-0.39, 0.29) is 29.9 Å². The van der Waals surface area contributed by atoms with E-state index in [2.05, 4.69) is 17.2 Å². The summed E-state index contributed by atoms with van der Waals surface area (Å²) < 4.78 is 12.2. The van der Waals surface area contributed by atoms with Crippen LogP contribution >= 0.6 is 12.4 Å². The number of benzene rings is 2. The van der Waals surface area contributed by atoms with Gasteiger partial charge in [0, 0.05) is 24.6 Å². The molecule has 0 saturated heterocycles. The van der Waals surface area contributed by atoms with Crippen LogP contribution in [0.25, 0.3) is 6.08 Å². The van der Waals surface area contributed by atoms with E-state index in [0.29, 0.717) is 31.2 Å². The van der Waals surface area contributed by atoms with Crippen LogP contribution in [0.2, 0.25) is 0 Å². The molecule has 1 atom stereocenters. The molecule has 2 aromatic carbocycles. The van der Waals surface area contributed by atoms with Gasteiger partial charge in [-0.05, 0) is 81.0 Å². The number of nitrogens with one attached hydrogen (secondary N) is 1. The predicted molar refractivity (Wildman–Crippen MR) is 146 cm³/mol. The molecule has 0 saturated carbocycles. The zero-order valence-corrected chi connectivity index (χ0v) is 22.2. The molecule has 196 valence electrons. The summed E-state index contributed by atoms with van der Waals surface area (Å²) in [4.78, 5) is 16.0. The largest absolute Gasteiger partial charge is 0.507 e. The van der Waals surface area contributed by atoms with Crippen LogP contribution in [0.1, 0.15) is 47.6 Å². The summed E-state index contributed by atoms with van der Waals surface area (Å²) in [6, 6.07) is 7.20. The standard InChI is InChI=1S/C27H36N4O4.ClH/c1-17-18(2)25-22(19(3)24(17)33)11-12-27(4,35-25)13-15-34-16-14-30-23(32)10-7-20-5-8-21(9-6-20)31-26(28)29;/h5-10,33H,11-16H2,1-4H3,(H,30,32)(H4,28,29,31);1H. The number of hydrogen-bond donors (Lipinski definition) is 4. The molecule has 1 unspecified atom stereocenters. The van der Waals surface area contributed by atoms with Crippen molar-refractivity contribution in [2.75, 3.05) is 19.8 Å².